The van der Waals surface area contributed by atoms with Crippen molar-refractivity contribution in [3.05, 3.63) is 0 Å². The summed E-state index contributed by atoms with van der Waals surface area (Å²) in [4.78, 5) is 0. The molecule has 0 aromatic carbocycles. The van der Waals surface area contributed by atoms with Gasteiger partial charge in [-0.2, -0.15) is 0 Å². The van der Waals surface area contributed by atoms with Crippen molar-refractivity contribution in [3.63, 3.8) is 0 Å². The summed E-state index contributed by atoms with van der Waals surface area (Å²) in [6, 6.07) is 0.588. The summed E-state index contributed by atoms with van der Waals surface area (Å²) in [7, 11) is 2.07. The lowest BCUT2D eigenvalue weighted by Crippen LogP contribution is -2.44. The maximum atomic E-state index is 6.04. The predicted octanol–water partition coefficient (Wildman–Crippen LogP) is 3.36. The Balaban J connectivity index is 2.34. The van der Waals surface area contributed by atoms with Crippen molar-refractivity contribution in [2.45, 2.75) is 70.9 Å². The molecule has 0 radical (unpaired) electrons. The molecular formula is C14H29NO. The second-order valence-electron chi connectivity index (χ2n) is 5.13. The SMILES string of the molecule is CCCCOC1CC(CCC)CCC1NC. The molecule has 0 amide bonds. The van der Waals surface area contributed by atoms with Gasteiger partial charge in [0.15, 0.2) is 0 Å². The van der Waals surface area contributed by atoms with E-state index in [9.17, 15) is 0 Å². The molecule has 96 valence electrons. The molecule has 0 spiro atoms. The van der Waals surface area contributed by atoms with Crippen LogP contribution in [0.25, 0.3) is 0 Å². The lowest BCUT2D eigenvalue weighted by Gasteiger charge is -2.36. The van der Waals surface area contributed by atoms with Crippen LogP contribution in [0, 0.1) is 5.92 Å². The molecule has 1 aliphatic carbocycles. The molecule has 1 saturated carbocycles. The van der Waals surface area contributed by atoms with Gasteiger partial charge in [0, 0.05) is 12.6 Å². The fourth-order valence-corrected chi connectivity index (χ4v) is 2.78. The van der Waals surface area contributed by atoms with E-state index >= 15 is 0 Å². The first-order chi connectivity index (χ1) is 7.81. The van der Waals surface area contributed by atoms with Crippen LogP contribution < -0.4 is 5.32 Å². The Bertz CT molecular complexity index is 172. The molecule has 1 aliphatic rings. The molecule has 16 heavy (non-hydrogen) atoms. The van der Waals surface area contributed by atoms with E-state index in [0.29, 0.717) is 12.1 Å². The summed E-state index contributed by atoms with van der Waals surface area (Å²) in [5, 5.41) is 3.42. The average Bonchev–Trinajstić information content (AvgIpc) is 2.30. The van der Waals surface area contributed by atoms with E-state index in [0.717, 1.165) is 12.5 Å². The molecule has 3 unspecified atom stereocenters. The molecule has 0 saturated heterocycles. The van der Waals surface area contributed by atoms with Gasteiger partial charge in [0.05, 0.1) is 6.10 Å². The van der Waals surface area contributed by atoms with Gasteiger partial charge in [-0.25, -0.2) is 0 Å². The number of hydrogen-bond acceptors (Lipinski definition) is 2. The minimum atomic E-state index is 0.460. The van der Waals surface area contributed by atoms with Gasteiger partial charge in [0.25, 0.3) is 0 Å². The maximum Gasteiger partial charge on any atom is 0.0730 e. The largest absolute Gasteiger partial charge is 0.377 e. The topological polar surface area (TPSA) is 21.3 Å². The highest BCUT2D eigenvalue weighted by Crippen LogP contribution is 2.29. The number of nitrogens with one attached hydrogen (secondary N) is 1. The van der Waals surface area contributed by atoms with Crippen LogP contribution in [0.2, 0.25) is 0 Å². The fraction of sp³-hybridized carbons (Fsp3) is 1.00. The minimum absolute atomic E-state index is 0.460. The molecule has 3 atom stereocenters. The van der Waals surface area contributed by atoms with E-state index in [2.05, 4.69) is 26.2 Å². The van der Waals surface area contributed by atoms with Crippen LogP contribution in [0.3, 0.4) is 0 Å². The van der Waals surface area contributed by atoms with E-state index < -0.39 is 0 Å². The Labute approximate surface area is 101 Å². The van der Waals surface area contributed by atoms with Gasteiger partial charge in [-0.1, -0.05) is 33.1 Å². The normalized spacial score (nSPS) is 30.6. The zero-order valence-electron chi connectivity index (χ0n) is 11.3. The average molecular weight is 227 g/mol. The first-order valence-corrected chi connectivity index (χ1v) is 7.10. The summed E-state index contributed by atoms with van der Waals surface area (Å²) in [6.07, 6.45) is 9.52. The van der Waals surface area contributed by atoms with E-state index in [-0.39, 0.29) is 0 Å². The Kier molecular flexibility index (Phi) is 7.06. The van der Waals surface area contributed by atoms with Gasteiger partial charge in [-0.3, -0.25) is 0 Å². The molecule has 1 N–H and O–H groups in total. The molecule has 0 aromatic rings. The molecule has 0 bridgehead atoms. The number of rotatable bonds is 7. The van der Waals surface area contributed by atoms with Crippen molar-refractivity contribution >= 4 is 0 Å². The van der Waals surface area contributed by atoms with E-state index in [1.165, 1.54) is 44.9 Å². The Morgan fingerprint density at radius 1 is 1.19 bits per heavy atom. The number of ether oxygens (including phenoxy) is 1. The molecule has 0 heterocycles. The molecular weight excluding hydrogens is 198 g/mol. The predicted molar refractivity (Wildman–Crippen MR) is 69.7 cm³/mol. The van der Waals surface area contributed by atoms with Crippen LogP contribution in [0.5, 0.6) is 0 Å². The van der Waals surface area contributed by atoms with Crippen LogP contribution in [0.1, 0.15) is 58.8 Å². The zero-order chi connectivity index (χ0) is 11.8. The third-order valence-electron chi connectivity index (χ3n) is 3.80. The van der Waals surface area contributed by atoms with Crippen molar-refractivity contribution in [1.82, 2.24) is 5.32 Å². The summed E-state index contributed by atoms with van der Waals surface area (Å²) in [6.45, 7) is 5.45. The summed E-state index contributed by atoms with van der Waals surface area (Å²) in [5.74, 6) is 0.904. The highest BCUT2D eigenvalue weighted by Gasteiger charge is 2.29. The smallest absolute Gasteiger partial charge is 0.0730 e. The highest BCUT2D eigenvalue weighted by molar-refractivity contribution is 4.84. The Hall–Kier alpha value is -0.0800. The van der Waals surface area contributed by atoms with Crippen molar-refractivity contribution in [1.29, 1.82) is 0 Å². The zero-order valence-corrected chi connectivity index (χ0v) is 11.3. The standard InChI is InChI=1S/C14H29NO/c1-4-6-10-16-14-11-12(7-5-2)8-9-13(14)15-3/h12-15H,4-11H2,1-3H3. The van der Waals surface area contributed by atoms with E-state index in [1.807, 2.05) is 0 Å². The van der Waals surface area contributed by atoms with Crippen LogP contribution in [0.4, 0.5) is 0 Å². The van der Waals surface area contributed by atoms with Crippen LogP contribution >= 0.6 is 0 Å². The molecule has 1 fully saturated rings. The van der Waals surface area contributed by atoms with Crippen LogP contribution in [-0.2, 0) is 4.74 Å². The van der Waals surface area contributed by atoms with Crippen LogP contribution in [0.15, 0.2) is 0 Å². The summed E-state index contributed by atoms with van der Waals surface area (Å²) < 4.78 is 6.04. The summed E-state index contributed by atoms with van der Waals surface area (Å²) >= 11 is 0. The third-order valence-corrected chi connectivity index (χ3v) is 3.80. The monoisotopic (exact) mass is 227 g/mol. The van der Waals surface area contributed by atoms with Crippen molar-refractivity contribution in [2.75, 3.05) is 13.7 Å². The fourth-order valence-electron chi connectivity index (χ4n) is 2.78. The lowest BCUT2D eigenvalue weighted by molar-refractivity contribution is -0.0104. The number of likely N-dealkylation sites (N-methyl/N-ethyl adjacent to an activating group) is 1. The van der Waals surface area contributed by atoms with Gasteiger partial charge in [0.1, 0.15) is 0 Å². The van der Waals surface area contributed by atoms with E-state index in [4.69, 9.17) is 4.74 Å². The second kappa shape index (κ2) is 8.08. The molecule has 2 nitrogen and oxygen atoms in total. The summed E-state index contributed by atoms with van der Waals surface area (Å²) in [5.41, 5.74) is 0. The highest BCUT2D eigenvalue weighted by atomic mass is 16.5. The maximum absolute atomic E-state index is 6.04. The van der Waals surface area contributed by atoms with Gasteiger partial charge in [-0.15, -0.1) is 0 Å². The molecule has 0 aliphatic heterocycles. The van der Waals surface area contributed by atoms with E-state index in [1.54, 1.807) is 0 Å². The van der Waals surface area contributed by atoms with Gasteiger partial charge >= 0.3 is 0 Å². The first-order valence-electron chi connectivity index (χ1n) is 7.10. The second-order valence-corrected chi connectivity index (χ2v) is 5.13. The quantitative estimate of drug-likeness (QED) is 0.673. The molecule has 1 rings (SSSR count). The van der Waals surface area contributed by atoms with Gasteiger partial charge < -0.3 is 10.1 Å². The third kappa shape index (κ3) is 4.42. The van der Waals surface area contributed by atoms with Crippen LogP contribution in [-0.4, -0.2) is 25.8 Å². The first kappa shape index (κ1) is 14.0. The van der Waals surface area contributed by atoms with Crippen molar-refractivity contribution < 1.29 is 4.74 Å². The number of hydrogen-bond donors (Lipinski definition) is 1. The molecule has 2 heteroatoms. The lowest BCUT2D eigenvalue weighted by atomic mass is 9.81. The minimum Gasteiger partial charge on any atom is -0.377 e. The van der Waals surface area contributed by atoms with Crippen molar-refractivity contribution in [3.8, 4) is 0 Å². The molecule has 0 aromatic heterocycles. The Morgan fingerprint density at radius 2 is 2.00 bits per heavy atom. The Morgan fingerprint density at radius 3 is 2.62 bits per heavy atom. The van der Waals surface area contributed by atoms with Crippen molar-refractivity contribution in [2.24, 2.45) is 5.92 Å². The number of unbranched alkanes of at least 4 members (excludes halogenated alkanes) is 1. The van der Waals surface area contributed by atoms with Gasteiger partial charge in [-0.05, 0) is 38.6 Å². The van der Waals surface area contributed by atoms with Gasteiger partial charge in [0.2, 0.25) is 0 Å².